The maximum absolute atomic E-state index is 13.3. The third-order valence-electron chi connectivity index (χ3n) is 4.01. The van der Waals surface area contributed by atoms with E-state index in [0.717, 1.165) is 36.6 Å². The molecular formula is C19H20FN. The molecular weight excluding hydrogens is 261 g/mol. The maximum atomic E-state index is 13.3. The minimum Gasteiger partial charge on any atom is -0.361 e. The number of rotatable bonds is 5. The molecule has 0 aliphatic rings. The third kappa shape index (κ3) is 3.33. The highest BCUT2D eigenvalue weighted by atomic mass is 19.1. The van der Waals surface area contributed by atoms with E-state index in [0.29, 0.717) is 0 Å². The van der Waals surface area contributed by atoms with E-state index in [1.807, 2.05) is 6.20 Å². The van der Waals surface area contributed by atoms with Crippen molar-refractivity contribution in [3.63, 3.8) is 0 Å². The van der Waals surface area contributed by atoms with Crippen LogP contribution in [0.4, 0.5) is 4.39 Å². The van der Waals surface area contributed by atoms with Crippen molar-refractivity contribution in [1.29, 1.82) is 0 Å². The number of aromatic amines is 1. The highest BCUT2D eigenvalue weighted by Crippen LogP contribution is 2.21. The second-order valence-electron chi connectivity index (χ2n) is 5.70. The summed E-state index contributed by atoms with van der Waals surface area (Å²) < 4.78 is 13.3. The van der Waals surface area contributed by atoms with Gasteiger partial charge < -0.3 is 4.98 Å². The van der Waals surface area contributed by atoms with Crippen LogP contribution in [0.1, 0.15) is 29.5 Å². The first-order valence-electron chi connectivity index (χ1n) is 7.53. The number of nitrogens with one attached hydrogen (secondary N) is 1. The Bertz CT molecular complexity index is 725. The highest BCUT2D eigenvalue weighted by Gasteiger charge is 2.04. The Hall–Kier alpha value is -2.09. The van der Waals surface area contributed by atoms with Crippen LogP contribution in [0.3, 0.4) is 0 Å². The van der Waals surface area contributed by atoms with Crippen LogP contribution in [-0.4, -0.2) is 4.98 Å². The first-order chi connectivity index (χ1) is 10.2. The first kappa shape index (κ1) is 13.9. The Morgan fingerprint density at radius 1 is 0.952 bits per heavy atom. The molecule has 1 heterocycles. The van der Waals surface area contributed by atoms with Crippen LogP contribution in [0.25, 0.3) is 10.9 Å². The largest absolute Gasteiger partial charge is 0.361 e. The molecule has 3 aromatic rings. The van der Waals surface area contributed by atoms with Crippen LogP contribution in [0.2, 0.25) is 0 Å². The van der Waals surface area contributed by atoms with Crippen LogP contribution in [0.15, 0.2) is 48.7 Å². The second-order valence-corrected chi connectivity index (χ2v) is 5.70. The molecule has 0 saturated carbocycles. The molecule has 21 heavy (non-hydrogen) atoms. The Morgan fingerprint density at radius 3 is 2.52 bits per heavy atom. The number of aryl methyl sites for hydroxylation is 3. The number of halogens is 1. The van der Waals surface area contributed by atoms with E-state index in [1.54, 1.807) is 12.1 Å². The van der Waals surface area contributed by atoms with Gasteiger partial charge in [-0.2, -0.15) is 0 Å². The van der Waals surface area contributed by atoms with Gasteiger partial charge in [-0.1, -0.05) is 29.8 Å². The molecule has 1 aromatic heterocycles. The SMILES string of the molecule is Cc1ccc(CCCCc2c[nH]c3ccc(F)cc23)cc1. The number of hydrogen-bond donors (Lipinski definition) is 1. The van der Waals surface area contributed by atoms with E-state index < -0.39 is 0 Å². The van der Waals surface area contributed by atoms with Crippen LogP contribution < -0.4 is 0 Å². The van der Waals surface area contributed by atoms with Gasteiger partial charge in [-0.25, -0.2) is 4.39 Å². The molecule has 0 spiro atoms. The molecule has 108 valence electrons. The van der Waals surface area contributed by atoms with Crippen molar-refractivity contribution in [3.8, 4) is 0 Å². The zero-order chi connectivity index (χ0) is 14.7. The molecule has 0 saturated heterocycles. The van der Waals surface area contributed by atoms with Gasteiger partial charge in [0.25, 0.3) is 0 Å². The number of fused-ring (bicyclic) bond motifs is 1. The second kappa shape index (κ2) is 6.13. The lowest BCUT2D eigenvalue weighted by atomic mass is 10.0. The highest BCUT2D eigenvalue weighted by molar-refractivity contribution is 5.83. The summed E-state index contributed by atoms with van der Waals surface area (Å²) in [6, 6.07) is 13.7. The number of hydrogen-bond acceptors (Lipinski definition) is 0. The van der Waals surface area contributed by atoms with E-state index in [1.165, 1.54) is 22.8 Å². The van der Waals surface area contributed by atoms with Crippen LogP contribution in [0.5, 0.6) is 0 Å². The molecule has 0 aliphatic heterocycles. The van der Waals surface area contributed by atoms with Crippen LogP contribution in [-0.2, 0) is 12.8 Å². The molecule has 3 rings (SSSR count). The summed E-state index contributed by atoms with van der Waals surface area (Å²) >= 11 is 0. The predicted octanol–water partition coefficient (Wildman–Crippen LogP) is 5.18. The number of H-pyrrole nitrogens is 1. The quantitative estimate of drug-likeness (QED) is 0.620. The van der Waals surface area contributed by atoms with Crippen LogP contribution >= 0.6 is 0 Å². The summed E-state index contributed by atoms with van der Waals surface area (Å²) in [5.41, 5.74) is 4.93. The van der Waals surface area contributed by atoms with Crippen molar-refractivity contribution in [2.75, 3.05) is 0 Å². The van der Waals surface area contributed by atoms with E-state index >= 15 is 0 Å². The molecule has 1 N–H and O–H groups in total. The lowest BCUT2D eigenvalue weighted by molar-refractivity contribution is 0.629. The normalized spacial score (nSPS) is 11.1. The smallest absolute Gasteiger partial charge is 0.123 e. The van der Waals surface area contributed by atoms with Gasteiger partial charge in [-0.15, -0.1) is 0 Å². The van der Waals surface area contributed by atoms with Gasteiger partial charge in [0, 0.05) is 17.1 Å². The average Bonchev–Trinajstić information content (AvgIpc) is 2.88. The van der Waals surface area contributed by atoms with E-state index in [-0.39, 0.29) is 5.82 Å². The fraction of sp³-hybridized carbons (Fsp3) is 0.263. The summed E-state index contributed by atoms with van der Waals surface area (Å²) in [7, 11) is 0. The summed E-state index contributed by atoms with van der Waals surface area (Å²) in [6.45, 7) is 2.11. The summed E-state index contributed by atoms with van der Waals surface area (Å²) in [4.78, 5) is 3.21. The number of aromatic nitrogens is 1. The molecule has 0 atom stereocenters. The molecule has 0 bridgehead atoms. The van der Waals surface area contributed by atoms with Crippen molar-refractivity contribution >= 4 is 10.9 Å². The first-order valence-corrected chi connectivity index (χ1v) is 7.53. The number of unbranched alkanes of at least 4 members (excludes halogenated alkanes) is 1. The monoisotopic (exact) mass is 281 g/mol. The fourth-order valence-electron chi connectivity index (χ4n) is 2.76. The zero-order valence-electron chi connectivity index (χ0n) is 12.3. The van der Waals surface area contributed by atoms with E-state index in [9.17, 15) is 4.39 Å². The Kier molecular flexibility index (Phi) is 4.05. The van der Waals surface area contributed by atoms with Gasteiger partial charge >= 0.3 is 0 Å². The molecule has 2 aromatic carbocycles. The summed E-state index contributed by atoms with van der Waals surface area (Å²) in [5, 5.41) is 1.02. The fourth-order valence-corrected chi connectivity index (χ4v) is 2.76. The van der Waals surface area contributed by atoms with Gasteiger partial charge in [0.1, 0.15) is 5.82 Å². The molecule has 1 nitrogen and oxygen atoms in total. The van der Waals surface area contributed by atoms with Gasteiger partial charge in [-0.3, -0.25) is 0 Å². The molecule has 0 aliphatic carbocycles. The minimum atomic E-state index is -0.164. The predicted molar refractivity (Wildman–Crippen MR) is 86.1 cm³/mol. The van der Waals surface area contributed by atoms with E-state index in [4.69, 9.17) is 0 Å². The molecule has 0 unspecified atom stereocenters. The molecule has 0 amide bonds. The van der Waals surface area contributed by atoms with Gasteiger partial charge in [0.2, 0.25) is 0 Å². The third-order valence-corrected chi connectivity index (χ3v) is 4.01. The number of benzene rings is 2. The maximum Gasteiger partial charge on any atom is 0.123 e. The van der Waals surface area contributed by atoms with E-state index in [2.05, 4.69) is 36.2 Å². The van der Waals surface area contributed by atoms with Crippen LogP contribution in [0, 0.1) is 12.7 Å². The Morgan fingerprint density at radius 2 is 1.71 bits per heavy atom. The molecule has 2 heteroatoms. The van der Waals surface area contributed by atoms with Gasteiger partial charge in [0.05, 0.1) is 0 Å². The van der Waals surface area contributed by atoms with Gasteiger partial charge in [0.15, 0.2) is 0 Å². The van der Waals surface area contributed by atoms with Crippen molar-refractivity contribution in [2.45, 2.75) is 32.6 Å². The lowest BCUT2D eigenvalue weighted by Crippen LogP contribution is -1.89. The summed E-state index contributed by atoms with van der Waals surface area (Å²) in [6.07, 6.45) is 6.39. The van der Waals surface area contributed by atoms with Crippen molar-refractivity contribution in [2.24, 2.45) is 0 Å². The van der Waals surface area contributed by atoms with Crippen molar-refractivity contribution < 1.29 is 4.39 Å². The zero-order valence-corrected chi connectivity index (χ0v) is 12.3. The van der Waals surface area contributed by atoms with Crippen molar-refractivity contribution in [1.82, 2.24) is 4.98 Å². The van der Waals surface area contributed by atoms with Gasteiger partial charge in [-0.05, 0) is 61.9 Å². The average molecular weight is 281 g/mol. The molecule has 0 radical (unpaired) electrons. The lowest BCUT2D eigenvalue weighted by Gasteiger charge is -2.03. The topological polar surface area (TPSA) is 15.8 Å². The molecule has 0 fully saturated rings. The minimum absolute atomic E-state index is 0.164. The Balaban J connectivity index is 1.57. The summed E-state index contributed by atoms with van der Waals surface area (Å²) in [5.74, 6) is -0.164. The Labute approximate surface area is 124 Å². The van der Waals surface area contributed by atoms with Crippen molar-refractivity contribution in [3.05, 3.63) is 71.2 Å². The standard InChI is InChI=1S/C19H20FN/c1-14-6-8-15(9-7-14)4-2-3-5-16-13-21-19-11-10-17(20)12-18(16)19/h6-13,21H,2-5H2,1H3.